The fourth-order valence-electron chi connectivity index (χ4n) is 3.66. The molecule has 0 aliphatic carbocycles. The van der Waals surface area contributed by atoms with Crippen molar-refractivity contribution in [2.45, 2.75) is 51.9 Å². The minimum Gasteiger partial charge on any atom is -0.373 e. The molecule has 2 saturated heterocycles. The molecule has 0 bridgehead atoms. The lowest BCUT2D eigenvalue weighted by molar-refractivity contribution is -0.0689. The number of hydrogen-bond donors (Lipinski definition) is 0. The molecule has 21 heavy (non-hydrogen) atoms. The highest BCUT2D eigenvalue weighted by Gasteiger charge is 2.30. The largest absolute Gasteiger partial charge is 0.373 e. The zero-order valence-corrected chi connectivity index (χ0v) is 13.3. The molecule has 3 rings (SSSR count). The predicted octanol–water partition coefficient (Wildman–Crippen LogP) is 1.86. The zero-order chi connectivity index (χ0) is 14.8. The Hall–Kier alpha value is -1.20. The van der Waals surface area contributed by atoms with Crippen molar-refractivity contribution in [3.05, 3.63) is 18.1 Å². The molecule has 3 atom stereocenters. The third kappa shape index (κ3) is 3.52. The minimum atomic E-state index is 0.338. The second kappa shape index (κ2) is 6.28. The van der Waals surface area contributed by atoms with Gasteiger partial charge in [0.05, 0.1) is 12.2 Å². The van der Waals surface area contributed by atoms with E-state index in [1.54, 1.807) is 6.33 Å². The van der Waals surface area contributed by atoms with Crippen LogP contribution < -0.4 is 4.90 Å². The molecule has 2 aliphatic rings. The van der Waals surface area contributed by atoms with Crippen molar-refractivity contribution in [1.82, 2.24) is 14.9 Å². The molecule has 116 valence electrons. The lowest BCUT2D eigenvalue weighted by Crippen LogP contribution is -2.50. The summed E-state index contributed by atoms with van der Waals surface area (Å²) in [6.07, 6.45) is 4.86. The van der Waals surface area contributed by atoms with E-state index in [9.17, 15) is 0 Å². The Balaban J connectivity index is 1.67. The van der Waals surface area contributed by atoms with E-state index in [0.29, 0.717) is 18.2 Å². The van der Waals surface area contributed by atoms with Crippen molar-refractivity contribution < 1.29 is 4.74 Å². The topological polar surface area (TPSA) is 41.5 Å². The molecular weight excluding hydrogens is 264 g/mol. The van der Waals surface area contributed by atoms with Gasteiger partial charge in [0.1, 0.15) is 12.1 Å². The number of aryl methyl sites for hydroxylation is 1. The highest BCUT2D eigenvalue weighted by molar-refractivity contribution is 5.41. The van der Waals surface area contributed by atoms with Crippen molar-refractivity contribution in [1.29, 1.82) is 0 Å². The molecule has 0 amide bonds. The van der Waals surface area contributed by atoms with Crippen LogP contribution in [0.2, 0.25) is 0 Å². The highest BCUT2D eigenvalue weighted by Crippen LogP contribution is 2.25. The molecule has 0 aromatic carbocycles. The second-order valence-electron chi connectivity index (χ2n) is 6.48. The van der Waals surface area contributed by atoms with Gasteiger partial charge in [0.2, 0.25) is 0 Å². The summed E-state index contributed by atoms with van der Waals surface area (Å²) in [7, 11) is 0. The van der Waals surface area contributed by atoms with Crippen LogP contribution in [-0.2, 0) is 4.74 Å². The summed E-state index contributed by atoms with van der Waals surface area (Å²) in [5.74, 6) is 1.08. The SMILES string of the molecule is Cc1cc(N2CCC[C@H]2CN2C[C@@H](C)O[C@@H](C)C2)ncn1. The van der Waals surface area contributed by atoms with E-state index in [1.807, 2.05) is 6.92 Å². The molecule has 0 N–H and O–H groups in total. The Morgan fingerprint density at radius 2 is 2.00 bits per heavy atom. The van der Waals surface area contributed by atoms with Gasteiger partial charge in [-0.2, -0.15) is 0 Å². The molecule has 0 spiro atoms. The van der Waals surface area contributed by atoms with Crippen LogP contribution in [0.25, 0.3) is 0 Å². The number of aromatic nitrogens is 2. The first-order valence-corrected chi connectivity index (χ1v) is 8.05. The summed E-state index contributed by atoms with van der Waals surface area (Å²) >= 11 is 0. The van der Waals surface area contributed by atoms with Gasteiger partial charge in [-0.25, -0.2) is 9.97 Å². The van der Waals surface area contributed by atoms with E-state index in [1.165, 1.54) is 12.8 Å². The van der Waals surface area contributed by atoms with Crippen LogP contribution in [0.1, 0.15) is 32.4 Å². The van der Waals surface area contributed by atoms with Crippen LogP contribution in [-0.4, -0.2) is 59.3 Å². The number of ether oxygens (including phenoxy) is 1. The van der Waals surface area contributed by atoms with E-state index in [0.717, 1.165) is 37.7 Å². The molecule has 1 aromatic rings. The lowest BCUT2D eigenvalue weighted by Gasteiger charge is -2.38. The number of morpholine rings is 1. The van der Waals surface area contributed by atoms with E-state index < -0.39 is 0 Å². The van der Waals surface area contributed by atoms with Crippen molar-refractivity contribution in [3.8, 4) is 0 Å². The van der Waals surface area contributed by atoms with Crippen LogP contribution in [0.3, 0.4) is 0 Å². The zero-order valence-electron chi connectivity index (χ0n) is 13.3. The second-order valence-corrected chi connectivity index (χ2v) is 6.48. The van der Waals surface area contributed by atoms with Gasteiger partial charge in [-0.15, -0.1) is 0 Å². The van der Waals surface area contributed by atoms with Crippen LogP contribution in [0, 0.1) is 6.92 Å². The Morgan fingerprint density at radius 3 is 2.71 bits per heavy atom. The smallest absolute Gasteiger partial charge is 0.132 e. The maximum Gasteiger partial charge on any atom is 0.132 e. The van der Waals surface area contributed by atoms with E-state index in [4.69, 9.17) is 4.74 Å². The highest BCUT2D eigenvalue weighted by atomic mass is 16.5. The number of rotatable bonds is 3. The summed E-state index contributed by atoms with van der Waals surface area (Å²) in [6.45, 7) is 10.7. The fraction of sp³-hybridized carbons (Fsp3) is 0.750. The maximum atomic E-state index is 5.83. The average molecular weight is 290 g/mol. The minimum absolute atomic E-state index is 0.338. The summed E-state index contributed by atoms with van der Waals surface area (Å²) in [5, 5.41) is 0. The third-order valence-electron chi connectivity index (χ3n) is 4.42. The first-order valence-electron chi connectivity index (χ1n) is 8.05. The summed E-state index contributed by atoms with van der Waals surface area (Å²) in [4.78, 5) is 13.7. The number of anilines is 1. The average Bonchev–Trinajstić information content (AvgIpc) is 2.85. The van der Waals surface area contributed by atoms with Gasteiger partial charge >= 0.3 is 0 Å². The lowest BCUT2D eigenvalue weighted by atomic mass is 10.1. The summed E-state index contributed by atoms with van der Waals surface area (Å²) in [5.41, 5.74) is 1.04. The van der Waals surface area contributed by atoms with Gasteiger partial charge in [-0.05, 0) is 33.6 Å². The van der Waals surface area contributed by atoms with E-state index in [-0.39, 0.29) is 0 Å². The fourth-order valence-corrected chi connectivity index (χ4v) is 3.66. The van der Waals surface area contributed by atoms with Crippen molar-refractivity contribution in [2.75, 3.05) is 31.1 Å². The number of hydrogen-bond acceptors (Lipinski definition) is 5. The normalized spacial score (nSPS) is 30.8. The quantitative estimate of drug-likeness (QED) is 0.850. The molecule has 5 heteroatoms. The molecule has 3 heterocycles. The third-order valence-corrected chi connectivity index (χ3v) is 4.42. The van der Waals surface area contributed by atoms with Gasteiger partial charge in [0.25, 0.3) is 0 Å². The Kier molecular flexibility index (Phi) is 4.40. The van der Waals surface area contributed by atoms with Crippen LogP contribution in [0.4, 0.5) is 5.82 Å². The predicted molar refractivity (Wildman–Crippen MR) is 83.6 cm³/mol. The Morgan fingerprint density at radius 1 is 1.24 bits per heavy atom. The number of nitrogens with zero attached hydrogens (tertiary/aromatic N) is 4. The molecule has 2 aliphatic heterocycles. The molecule has 0 unspecified atom stereocenters. The molecule has 2 fully saturated rings. The Labute approximate surface area is 127 Å². The van der Waals surface area contributed by atoms with Crippen LogP contribution >= 0.6 is 0 Å². The molecular formula is C16H26N4O. The van der Waals surface area contributed by atoms with Crippen molar-refractivity contribution in [2.24, 2.45) is 0 Å². The van der Waals surface area contributed by atoms with Gasteiger partial charge in [-0.3, -0.25) is 4.90 Å². The van der Waals surface area contributed by atoms with Crippen LogP contribution in [0.15, 0.2) is 12.4 Å². The maximum absolute atomic E-state index is 5.83. The van der Waals surface area contributed by atoms with Gasteiger partial charge in [0, 0.05) is 44.0 Å². The molecule has 5 nitrogen and oxygen atoms in total. The van der Waals surface area contributed by atoms with Gasteiger partial charge in [-0.1, -0.05) is 0 Å². The molecule has 1 aromatic heterocycles. The summed E-state index contributed by atoms with van der Waals surface area (Å²) < 4.78 is 5.83. The first kappa shape index (κ1) is 14.7. The monoisotopic (exact) mass is 290 g/mol. The molecule has 0 radical (unpaired) electrons. The Bertz CT molecular complexity index is 471. The standard InChI is InChI=1S/C16H26N4O/c1-12-7-16(18-11-17-12)20-6-4-5-15(20)10-19-8-13(2)21-14(3)9-19/h7,11,13-15H,4-6,8-10H2,1-3H3/t13-,14+,15-/m0/s1. The van der Waals surface area contributed by atoms with Crippen molar-refractivity contribution in [3.63, 3.8) is 0 Å². The van der Waals surface area contributed by atoms with Gasteiger partial charge in [0.15, 0.2) is 0 Å². The molecule has 0 saturated carbocycles. The van der Waals surface area contributed by atoms with Crippen LogP contribution in [0.5, 0.6) is 0 Å². The summed E-state index contributed by atoms with van der Waals surface area (Å²) in [6, 6.07) is 2.67. The first-order chi connectivity index (χ1) is 10.1. The van der Waals surface area contributed by atoms with E-state index >= 15 is 0 Å². The van der Waals surface area contributed by atoms with E-state index in [2.05, 4.69) is 39.7 Å². The van der Waals surface area contributed by atoms with Crippen molar-refractivity contribution >= 4 is 5.82 Å². The van der Waals surface area contributed by atoms with Gasteiger partial charge < -0.3 is 9.64 Å².